The summed E-state index contributed by atoms with van der Waals surface area (Å²) in [5.41, 5.74) is 1.23. The summed E-state index contributed by atoms with van der Waals surface area (Å²) in [5.74, 6) is -0.121. The topological polar surface area (TPSA) is 26.3 Å². The molecule has 0 saturated carbocycles. The van der Waals surface area contributed by atoms with Crippen LogP contribution in [0.2, 0.25) is 0 Å². The van der Waals surface area contributed by atoms with Crippen molar-refractivity contribution in [1.82, 2.24) is 0 Å². The van der Waals surface area contributed by atoms with E-state index in [0.29, 0.717) is 0 Å². The average Bonchev–Trinajstić information content (AvgIpc) is 2.36. The Kier molecular flexibility index (Phi) is 6.12. The quantitative estimate of drug-likeness (QED) is 0.568. The summed E-state index contributed by atoms with van der Waals surface area (Å²) in [6, 6.07) is 8.25. The van der Waals surface area contributed by atoms with Gasteiger partial charge in [-0.2, -0.15) is 0 Å². The highest BCUT2D eigenvalue weighted by atomic mass is 32.2. The molecule has 0 aliphatic carbocycles. The molecule has 0 aliphatic heterocycles. The third-order valence-corrected chi connectivity index (χ3v) is 3.84. The monoisotopic (exact) mass is 252 g/mol. The van der Waals surface area contributed by atoms with E-state index in [4.69, 9.17) is 4.74 Å². The summed E-state index contributed by atoms with van der Waals surface area (Å²) in [6.07, 6.45) is 3.03. The maximum atomic E-state index is 11.6. The zero-order valence-corrected chi connectivity index (χ0v) is 11.5. The molecule has 0 saturated heterocycles. The highest BCUT2D eigenvalue weighted by molar-refractivity contribution is 8.00. The molecular formula is C14H20O2S. The van der Waals surface area contributed by atoms with Crippen LogP contribution in [0, 0.1) is 6.92 Å². The van der Waals surface area contributed by atoms with Gasteiger partial charge in [0, 0.05) is 4.90 Å². The van der Waals surface area contributed by atoms with Gasteiger partial charge in [0.25, 0.3) is 0 Å². The first kappa shape index (κ1) is 14.1. The van der Waals surface area contributed by atoms with E-state index in [1.54, 1.807) is 11.8 Å². The Balaban J connectivity index is 2.64. The van der Waals surface area contributed by atoms with Crippen LogP contribution in [0.25, 0.3) is 0 Å². The number of ether oxygens (including phenoxy) is 1. The molecule has 2 nitrogen and oxygen atoms in total. The van der Waals surface area contributed by atoms with E-state index in [0.717, 1.165) is 24.2 Å². The second-order valence-electron chi connectivity index (χ2n) is 4.08. The first-order chi connectivity index (χ1) is 8.17. The molecule has 3 heteroatoms. The first-order valence-electron chi connectivity index (χ1n) is 5.98. The largest absolute Gasteiger partial charge is 0.468 e. The fourth-order valence-electron chi connectivity index (χ4n) is 1.53. The van der Waals surface area contributed by atoms with E-state index in [2.05, 4.69) is 38.1 Å². The fraction of sp³-hybridized carbons (Fsp3) is 0.500. The molecule has 1 unspecified atom stereocenters. The molecule has 0 fully saturated rings. The van der Waals surface area contributed by atoms with E-state index in [1.165, 1.54) is 12.7 Å². The van der Waals surface area contributed by atoms with Crippen LogP contribution in [0.15, 0.2) is 29.2 Å². The predicted octanol–water partition coefficient (Wildman–Crippen LogP) is 3.82. The lowest BCUT2D eigenvalue weighted by Crippen LogP contribution is -2.18. The molecule has 0 amide bonds. The molecule has 0 bridgehead atoms. The van der Waals surface area contributed by atoms with Gasteiger partial charge in [-0.05, 0) is 25.5 Å². The van der Waals surface area contributed by atoms with Crippen LogP contribution in [-0.4, -0.2) is 18.3 Å². The molecule has 0 aliphatic rings. The van der Waals surface area contributed by atoms with Gasteiger partial charge in [-0.25, -0.2) is 0 Å². The Bertz CT molecular complexity index is 346. The number of unbranched alkanes of at least 4 members (excludes halogenated alkanes) is 1. The molecular weight excluding hydrogens is 232 g/mol. The second-order valence-corrected chi connectivity index (χ2v) is 5.36. The van der Waals surface area contributed by atoms with Crippen LogP contribution in [0.5, 0.6) is 0 Å². The van der Waals surface area contributed by atoms with Gasteiger partial charge < -0.3 is 4.74 Å². The molecule has 0 heterocycles. The molecule has 0 aromatic heterocycles. The fourth-order valence-corrected chi connectivity index (χ4v) is 2.63. The predicted molar refractivity (Wildman–Crippen MR) is 72.4 cm³/mol. The third kappa shape index (κ3) is 4.82. The number of aryl methyl sites for hydroxylation is 1. The molecule has 0 radical (unpaired) electrons. The van der Waals surface area contributed by atoms with Crippen LogP contribution < -0.4 is 0 Å². The van der Waals surface area contributed by atoms with Gasteiger partial charge in [0.2, 0.25) is 0 Å². The number of thioether (sulfide) groups is 1. The SMILES string of the molecule is CCCCC(Sc1ccc(C)cc1)C(=O)OC. The van der Waals surface area contributed by atoms with Crippen molar-refractivity contribution < 1.29 is 9.53 Å². The van der Waals surface area contributed by atoms with E-state index in [-0.39, 0.29) is 11.2 Å². The molecule has 1 aromatic rings. The Morgan fingerprint density at radius 1 is 1.35 bits per heavy atom. The Hall–Kier alpha value is -0.960. The number of carbonyl (C=O) groups is 1. The smallest absolute Gasteiger partial charge is 0.319 e. The Morgan fingerprint density at radius 2 is 2.00 bits per heavy atom. The lowest BCUT2D eigenvalue weighted by Gasteiger charge is -2.13. The van der Waals surface area contributed by atoms with Crippen LogP contribution in [0.4, 0.5) is 0 Å². The number of methoxy groups -OCH3 is 1. The number of carbonyl (C=O) groups excluding carboxylic acids is 1. The minimum atomic E-state index is -0.121. The van der Waals surface area contributed by atoms with Crippen molar-refractivity contribution >= 4 is 17.7 Å². The molecule has 1 rings (SSSR count). The van der Waals surface area contributed by atoms with Gasteiger partial charge in [-0.1, -0.05) is 37.5 Å². The van der Waals surface area contributed by atoms with Crippen LogP contribution in [0.1, 0.15) is 31.7 Å². The van der Waals surface area contributed by atoms with Gasteiger partial charge in [-0.3, -0.25) is 4.79 Å². The van der Waals surface area contributed by atoms with Crippen molar-refractivity contribution in [3.63, 3.8) is 0 Å². The molecule has 17 heavy (non-hydrogen) atoms. The maximum Gasteiger partial charge on any atom is 0.319 e. The van der Waals surface area contributed by atoms with Crippen molar-refractivity contribution in [3.05, 3.63) is 29.8 Å². The summed E-state index contributed by atoms with van der Waals surface area (Å²) >= 11 is 1.60. The minimum Gasteiger partial charge on any atom is -0.468 e. The van der Waals surface area contributed by atoms with Crippen LogP contribution in [-0.2, 0) is 9.53 Å². The van der Waals surface area contributed by atoms with Crippen molar-refractivity contribution in [3.8, 4) is 0 Å². The standard InChI is InChI=1S/C14H20O2S/c1-4-5-6-13(14(15)16-3)17-12-9-7-11(2)8-10-12/h7-10,13H,4-6H2,1-3H3. The van der Waals surface area contributed by atoms with Crippen molar-refractivity contribution in [2.24, 2.45) is 0 Å². The molecule has 0 N–H and O–H groups in total. The summed E-state index contributed by atoms with van der Waals surface area (Å²) in [5, 5.41) is -0.0809. The highest BCUT2D eigenvalue weighted by Crippen LogP contribution is 2.27. The first-order valence-corrected chi connectivity index (χ1v) is 6.86. The van der Waals surface area contributed by atoms with Crippen molar-refractivity contribution in [2.45, 2.75) is 43.3 Å². The lowest BCUT2D eigenvalue weighted by atomic mass is 10.2. The Morgan fingerprint density at radius 3 is 2.53 bits per heavy atom. The number of esters is 1. The highest BCUT2D eigenvalue weighted by Gasteiger charge is 2.19. The van der Waals surface area contributed by atoms with E-state index >= 15 is 0 Å². The van der Waals surface area contributed by atoms with Crippen molar-refractivity contribution in [1.29, 1.82) is 0 Å². The Labute approximate surface area is 108 Å². The third-order valence-electron chi connectivity index (χ3n) is 2.58. The summed E-state index contributed by atoms with van der Waals surface area (Å²) in [4.78, 5) is 12.8. The summed E-state index contributed by atoms with van der Waals surface area (Å²) in [7, 11) is 1.46. The summed E-state index contributed by atoms with van der Waals surface area (Å²) in [6.45, 7) is 4.19. The summed E-state index contributed by atoms with van der Waals surface area (Å²) < 4.78 is 4.85. The van der Waals surface area contributed by atoms with E-state index in [9.17, 15) is 4.79 Å². The number of rotatable bonds is 6. The maximum absolute atomic E-state index is 11.6. The van der Waals surface area contributed by atoms with Gasteiger partial charge in [-0.15, -0.1) is 11.8 Å². The van der Waals surface area contributed by atoms with Gasteiger partial charge >= 0.3 is 5.97 Å². The van der Waals surface area contributed by atoms with Gasteiger partial charge in [0.1, 0.15) is 5.25 Å². The van der Waals surface area contributed by atoms with Crippen molar-refractivity contribution in [2.75, 3.05) is 7.11 Å². The minimum absolute atomic E-state index is 0.0809. The normalized spacial score (nSPS) is 12.2. The van der Waals surface area contributed by atoms with Gasteiger partial charge in [0.15, 0.2) is 0 Å². The number of hydrogen-bond donors (Lipinski definition) is 0. The average molecular weight is 252 g/mol. The lowest BCUT2D eigenvalue weighted by molar-refractivity contribution is -0.140. The van der Waals surface area contributed by atoms with Gasteiger partial charge in [0.05, 0.1) is 7.11 Å². The number of hydrogen-bond acceptors (Lipinski definition) is 3. The zero-order chi connectivity index (χ0) is 12.7. The molecule has 0 spiro atoms. The molecule has 94 valence electrons. The van der Waals surface area contributed by atoms with E-state index in [1.807, 2.05) is 0 Å². The zero-order valence-electron chi connectivity index (χ0n) is 10.7. The second kappa shape index (κ2) is 7.38. The van der Waals surface area contributed by atoms with Crippen LogP contribution in [0.3, 0.4) is 0 Å². The number of benzene rings is 1. The molecule has 1 atom stereocenters. The van der Waals surface area contributed by atoms with Crippen LogP contribution >= 0.6 is 11.8 Å². The molecule has 1 aromatic carbocycles. The van der Waals surface area contributed by atoms with E-state index < -0.39 is 0 Å².